The van der Waals surface area contributed by atoms with Crippen molar-refractivity contribution in [1.29, 1.82) is 0 Å². The zero-order valence-electron chi connectivity index (χ0n) is 13.8. The number of amides is 1. The minimum atomic E-state index is -1.08. The number of pyridine rings is 1. The van der Waals surface area contributed by atoms with E-state index in [1.54, 1.807) is 38.2 Å². The maximum absolute atomic E-state index is 12.7. The van der Waals surface area contributed by atoms with Crippen molar-refractivity contribution in [1.82, 2.24) is 9.88 Å². The van der Waals surface area contributed by atoms with E-state index in [2.05, 4.69) is 5.32 Å². The van der Waals surface area contributed by atoms with Gasteiger partial charge in [-0.15, -0.1) is 0 Å². The molecule has 1 aromatic carbocycles. The minimum Gasteiger partial charge on any atom is -0.481 e. The molecule has 24 heavy (non-hydrogen) atoms. The van der Waals surface area contributed by atoms with Gasteiger partial charge in [-0.3, -0.25) is 14.4 Å². The molecule has 1 amide bonds. The summed E-state index contributed by atoms with van der Waals surface area (Å²) in [5.41, 5.74) is -0.561. The fraction of sp³-hybridized carbons (Fsp3) is 0.353. The standard InChI is InChI=1S/C17H20N2O5/c1-17(10-24-3,9-15(21)22)18-16(23)12-8-14(20)19(2)13-7-5-4-6-11(12)13/h4-8H,9-10H2,1-3H3,(H,18,23)(H,21,22). The Kier molecular flexibility index (Phi) is 5.04. The second-order valence-electron chi connectivity index (χ2n) is 5.99. The number of carboxylic acid groups (broad SMARTS) is 1. The fourth-order valence-electron chi connectivity index (χ4n) is 2.72. The Bertz CT molecular complexity index is 842. The number of hydrogen-bond acceptors (Lipinski definition) is 4. The van der Waals surface area contributed by atoms with E-state index in [0.717, 1.165) is 0 Å². The molecule has 7 nitrogen and oxygen atoms in total. The highest BCUT2D eigenvalue weighted by Gasteiger charge is 2.30. The number of ether oxygens (including phenoxy) is 1. The van der Waals surface area contributed by atoms with Gasteiger partial charge in [-0.1, -0.05) is 18.2 Å². The number of aryl methyl sites for hydroxylation is 1. The highest BCUT2D eigenvalue weighted by atomic mass is 16.5. The van der Waals surface area contributed by atoms with Crippen LogP contribution in [0.25, 0.3) is 10.9 Å². The number of fused-ring (bicyclic) bond motifs is 1. The summed E-state index contributed by atoms with van der Waals surface area (Å²) < 4.78 is 6.49. The Hall–Kier alpha value is -2.67. The Morgan fingerprint density at radius 1 is 1.33 bits per heavy atom. The molecule has 0 aliphatic carbocycles. The van der Waals surface area contributed by atoms with Crippen molar-refractivity contribution >= 4 is 22.8 Å². The van der Waals surface area contributed by atoms with Crippen molar-refractivity contribution in [3.8, 4) is 0 Å². The van der Waals surface area contributed by atoms with Gasteiger partial charge in [0.1, 0.15) is 0 Å². The maximum Gasteiger partial charge on any atom is 0.305 e. The zero-order chi connectivity index (χ0) is 17.9. The molecule has 0 fully saturated rings. The zero-order valence-corrected chi connectivity index (χ0v) is 13.8. The average Bonchev–Trinajstić information content (AvgIpc) is 2.50. The number of methoxy groups -OCH3 is 1. The molecular formula is C17H20N2O5. The summed E-state index contributed by atoms with van der Waals surface area (Å²) >= 11 is 0. The van der Waals surface area contributed by atoms with Crippen molar-refractivity contribution in [2.45, 2.75) is 18.9 Å². The lowest BCUT2D eigenvalue weighted by atomic mass is 9.97. The van der Waals surface area contributed by atoms with Crippen LogP contribution in [-0.2, 0) is 16.6 Å². The molecule has 0 saturated carbocycles. The number of carboxylic acids is 1. The molecule has 2 rings (SSSR count). The quantitative estimate of drug-likeness (QED) is 0.827. The topological polar surface area (TPSA) is 97.6 Å². The normalized spacial score (nSPS) is 13.5. The first-order valence-electron chi connectivity index (χ1n) is 7.39. The number of aliphatic carboxylic acids is 1. The van der Waals surface area contributed by atoms with Gasteiger partial charge in [0, 0.05) is 25.6 Å². The lowest BCUT2D eigenvalue weighted by molar-refractivity contribution is -0.139. The van der Waals surface area contributed by atoms with Gasteiger partial charge in [-0.25, -0.2) is 0 Å². The summed E-state index contributed by atoms with van der Waals surface area (Å²) in [5.74, 6) is -1.56. The van der Waals surface area contributed by atoms with Crippen LogP contribution in [0.5, 0.6) is 0 Å². The second kappa shape index (κ2) is 6.84. The monoisotopic (exact) mass is 332 g/mol. The van der Waals surface area contributed by atoms with E-state index in [0.29, 0.717) is 10.9 Å². The third-order valence-corrected chi connectivity index (χ3v) is 3.82. The first-order valence-corrected chi connectivity index (χ1v) is 7.39. The van der Waals surface area contributed by atoms with Crippen LogP contribution in [0.15, 0.2) is 35.1 Å². The Labute approximate surface area is 138 Å². The van der Waals surface area contributed by atoms with Crippen LogP contribution in [0, 0.1) is 0 Å². The molecule has 0 bridgehead atoms. The fourth-order valence-corrected chi connectivity index (χ4v) is 2.72. The van der Waals surface area contributed by atoms with Gasteiger partial charge in [-0.2, -0.15) is 0 Å². The van der Waals surface area contributed by atoms with E-state index < -0.39 is 17.4 Å². The lowest BCUT2D eigenvalue weighted by Crippen LogP contribution is -2.51. The Morgan fingerprint density at radius 2 is 2.00 bits per heavy atom. The molecule has 0 spiro atoms. The number of benzene rings is 1. The largest absolute Gasteiger partial charge is 0.481 e. The summed E-state index contributed by atoms with van der Waals surface area (Å²) in [6.45, 7) is 1.62. The number of aromatic nitrogens is 1. The molecule has 1 aromatic heterocycles. The van der Waals surface area contributed by atoms with Crippen LogP contribution >= 0.6 is 0 Å². The first-order chi connectivity index (χ1) is 11.3. The van der Waals surface area contributed by atoms with Crippen LogP contribution in [0.1, 0.15) is 23.7 Å². The van der Waals surface area contributed by atoms with Crippen molar-refractivity contribution < 1.29 is 19.4 Å². The molecule has 1 unspecified atom stereocenters. The molecule has 0 saturated heterocycles. The number of nitrogens with one attached hydrogen (secondary N) is 1. The highest BCUT2D eigenvalue weighted by molar-refractivity contribution is 6.06. The highest BCUT2D eigenvalue weighted by Crippen LogP contribution is 2.18. The van der Waals surface area contributed by atoms with Gasteiger partial charge in [0.2, 0.25) is 0 Å². The third-order valence-electron chi connectivity index (χ3n) is 3.82. The molecule has 128 valence electrons. The van der Waals surface area contributed by atoms with Crippen molar-refractivity contribution in [3.05, 3.63) is 46.2 Å². The number of para-hydroxylation sites is 1. The summed E-state index contributed by atoms with van der Waals surface area (Å²) in [6, 6.07) is 8.30. The van der Waals surface area contributed by atoms with E-state index in [1.807, 2.05) is 0 Å². The van der Waals surface area contributed by atoms with Crippen LogP contribution in [0.3, 0.4) is 0 Å². The van der Waals surface area contributed by atoms with Gasteiger partial charge in [-0.05, 0) is 13.0 Å². The molecule has 7 heteroatoms. The molecule has 2 aromatic rings. The van der Waals surface area contributed by atoms with Gasteiger partial charge in [0.15, 0.2) is 0 Å². The van der Waals surface area contributed by atoms with Crippen LogP contribution in [0.2, 0.25) is 0 Å². The number of rotatable bonds is 6. The van der Waals surface area contributed by atoms with E-state index >= 15 is 0 Å². The smallest absolute Gasteiger partial charge is 0.305 e. The Balaban J connectivity index is 2.46. The van der Waals surface area contributed by atoms with Crippen molar-refractivity contribution in [2.24, 2.45) is 7.05 Å². The molecule has 0 aliphatic heterocycles. The predicted octanol–water partition coefficient (Wildman–Crippen LogP) is 1.15. The molecular weight excluding hydrogens is 312 g/mol. The molecule has 1 atom stereocenters. The van der Waals surface area contributed by atoms with Crippen LogP contribution < -0.4 is 10.9 Å². The maximum atomic E-state index is 12.7. The number of nitrogens with zero attached hydrogens (tertiary/aromatic N) is 1. The van der Waals surface area contributed by atoms with Crippen molar-refractivity contribution in [3.63, 3.8) is 0 Å². The van der Waals surface area contributed by atoms with E-state index in [-0.39, 0.29) is 24.2 Å². The van der Waals surface area contributed by atoms with Crippen molar-refractivity contribution in [2.75, 3.05) is 13.7 Å². The molecule has 2 N–H and O–H groups in total. The van der Waals surface area contributed by atoms with E-state index in [9.17, 15) is 14.4 Å². The summed E-state index contributed by atoms with van der Waals surface area (Å²) in [4.78, 5) is 35.8. The Morgan fingerprint density at radius 3 is 2.62 bits per heavy atom. The van der Waals surface area contributed by atoms with Crippen LogP contribution in [0.4, 0.5) is 0 Å². The third kappa shape index (κ3) is 3.62. The summed E-state index contributed by atoms with van der Waals surface area (Å²) in [6.07, 6.45) is -0.296. The van der Waals surface area contributed by atoms with Gasteiger partial charge in [0.05, 0.1) is 29.6 Å². The molecule has 0 radical (unpaired) electrons. The number of carbonyl (C=O) groups excluding carboxylic acids is 1. The molecule has 1 heterocycles. The van der Waals surface area contributed by atoms with E-state index in [4.69, 9.17) is 9.84 Å². The summed E-state index contributed by atoms with van der Waals surface area (Å²) in [7, 11) is 3.06. The van der Waals surface area contributed by atoms with Crippen LogP contribution in [-0.4, -0.2) is 40.8 Å². The predicted molar refractivity (Wildman–Crippen MR) is 89.2 cm³/mol. The number of carbonyl (C=O) groups is 2. The summed E-state index contributed by atoms with van der Waals surface area (Å²) in [5, 5.41) is 12.4. The minimum absolute atomic E-state index is 0.0355. The SMILES string of the molecule is COCC(C)(CC(=O)O)NC(=O)c1cc(=O)n(C)c2ccccc12. The average molecular weight is 332 g/mol. The molecule has 0 aliphatic rings. The lowest BCUT2D eigenvalue weighted by Gasteiger charge is -2.28. The van der Waals surface area contributed by atoms with Gasteiger partial charge >= 0.3 is 5.97 Å². The van der Waals surface area contributed by atoms with Gasteiger partial charge in [0.25, 0.3) is 11.5 Å². The number of hydrogen-bond donors (Lipinski definition) is 2. The second-order valence-corrected chi connectivity index (χ2v) is 5.99. The van der Waals surface area contributed by atoms with Gasteiger partial charge < -0.3 is 19.7 Å². The van der Waals surface area contributed by atoms with E-state index in [1.165, 1.54) is 17.7 Å². The first kappa shape index (κ1) is 17.7.